The number of benzene rings is 2. The average Bonchev–Trinajstić information content (AvgIpc) is 2.82. The number of ether oxygens (including phenoxy) is 2. The fourth-order valence-electron chi connectivity index (χ4n) is 4.98. The minimum atomic E-state index is -0.840. The molecule has 0 aliphatic carbocycles. The Bertz CT molecular complexity index is 1340. The van der Waals surface area contributed by atoms with Gasteiger partial charge < -0.3 is 14.4 Å². The van der Waals surface area contributed by atoms with Crippen molar-refractivity contribution in [2.75, 3.05) is 30.6 Å². The number of barbiturate groups is 1. The molecule has 2 aliphatic heterocycles. The molecule has 36 heavy (non-hydrogen) atoms. The van der Waals surface area contributed by atoms with Gasteiger partial charge in [0.05, 0.1) is 25.4 Å². The van der Waals surface area contributed by atoms with Crippen molar-refractivity contribution in [2.45, 2.75) is 40.2 Å². The number of hydrogen-bond acceptors (Lipinski definition) is 6. The maximum absolute atomic E-state index is 13.5. The summed E-state index contributed by atoms with van der Waals surface area (Å²) in [6.45, 7) is 11.3. The van der Waals surface area contributed by atoms with Crippen molar-refractivity contribution in [1.82, 2.24) is 5.32 Å². The standard InChI is InChI=1S/C28H31N3O5/c1-8-30-23-11-16(2)18(12-20(23)17(3)15-28(30,4)5)13-21-25(32)29-27(34)31(26(21)33)22-10-9-19(35-6)14-24(22)36-7/h9-15H,8H2,1-7H3,(H,29,32,34)/b21-13+. The predicted molar refractivity (Wildman–Crippen MR) is 140 cm³/mol. The monoisotopic (exact) mass is 489 g/mol. The van der Waals surface area contributed by atoms with Crippen molar-refractivity contribution in [3.8, 4) is 11.5 Å². The van der Waals surface area contributed by atoms with Crippen LogP contribution in [-0.4, -0.2) is 44.1 Å². The molecule has 2 heterocycles. The van der Waals surface area contributed by atoms with E-state index in [4.69, 9.17) is 9.47 Å². The van der Waals surface area contributed by atoms with Crippen LogP contribution < -0.4 is 24.6 Å². The molecule has 0 radical (unpaired) electrons. The zero-order chi connectivity index (χ0) is 26.4. The van der Waals surface area contributed by atoms with Gasteiger partial charge in [-0.1, -0.05) is 6.08 Å². The third-order valence-corrected chi connectivity index (χ3v) is 6.71. The second-order valence-electron chi connectivity index (χ2n) is 9.45. The van der Waals surface area contributed by atoms with Gasteiger partial charge in [0.15, 0.2) is 0 Å². The number of imide groups is 2. The molecule has 4 amide bonds. The van der Waals surface area contributed by atoms with Crippen molar-refractivity contribution in [3.05, 3.63) is 58.7 Å². The average molecular weight is 490 g/mol. The SMILES string of the molecule is CCN1c2cc(C)c(/C=C3\C(=O)NC(=O)N(c4ccc(OC)cc4OC)C3=O)cc2C(C)=CC1(C)C. The highest BCUT2D eigenvalue weighted by Crippen LogP contribution is 2.41. The number of carbonyl (C=O) groups is 3. The van der Waals surface area contributed by atoms with Gasteiger partial charge in [-0.15, -0.1) is 0 Å². The topological polar surface area (TPSA) is 88.2 Å². The van der Waals surface area contributed by atoms with Crippen LogP contribution in [0.3, 0.4) is 0 Å². The number of rotatable bonds is 5. The van der Waals surface area contributed by atoms with E-state index < -0.39 is 17.8 Å². The quantitative estimate of drug-likeness (QED) is 0.484. The molecule has 2 aromatic carbocycles. The number of fused-ring (bicyclic) bond motifs is 1. The van der Waals surface area contributed by atoms with E-state index in [0.29, 0.717) is 5.75 Å². The molecule has 1 fully saturated rings. The number of allylic oxidation sites excluding steroid dienone is 1. The molecule has 0 spiro atoms. The van der Waals surface area contributed by atoms with Gasteiger partial charge in [-0.05, 0) is 81.7 Å². The van der Waals surface area contributed by atoms with Gasteiger partial charge in [0.1, 0.15) is 17.1 Å². The molecule has 0 bridgehead atoms. The van der Waals surface area contributed by atoms with E-state index in [1.165, 1.54) is 14.2 Å². The highest BCUT2D eigenvalue weighted by Gasteiger charge is 2.38. The Hall–Kier alpha value is -4.07. The van der Waals surface area contributed by atoms with Gasteiger partial charge in [-0.25, -0.2) is 9.69 Å². The summed E-state index contributed by atoms with van der Waals surface area (Å²) in [7, 11) is 2.94. The zero-order valence-electron chi connectivity index (χ0n) is 21.7. The van der Waals surface area contributed by atoms with Crippen LogP contribution in [0.15, 0.2) is 42.0 Å². The summed E-state index contributed by atoms with van der Waals surface area (Å²) in [6, 6.07) is 7.97. The third kappa shape index (κ3) is 4.12. The molecule has 1 N–H and O–H groups in total. The second kappa shape index (κ2) is 9.18. The van der Waals surface area contributed by atoms with Gasteiger partial charge in [-0.3, -0.25) is 14.9 Å². The first-order valence-corrected chi connectivity index (χ1v) is 11.8. The van der Waals surface area contributed by atoms with Crippen LogP contribution in [0.1, 0.15) is 44.4 Å². The van der Waals surface area contributed by atoms with Crippen LogP contribution in [0, 0.1) is 6.92 Å². The normalized spacial score (nSPS) is 18.1. The number of likely N-dealkylation sites (N-methyl/N-ethyl adjacent to an activating group) is 1. The number of urea groups is 1. The fourth-order valence-corrected chi connectivity index (χ4v) is 4.98. The molecule has 0 aromatic heterocycles. The number of aryl methyl sites for hydroxylation is 1. The van der Waals surface area contributed by atoms with Crippen LogP contribution in [0.2, 0.25) is 0 Å². The maximum atomic E-state index is 13.5. The summed E-state index contributed by atoms with van der Waals surface area (Å²) < 4.78 is 10.6. The van der Waals surface area contributed by atoms with E-state index in [1.807, 2.05) is 13.0 Å². The molecule has 0 atom stereocenters. The first-order valence-electron chi connectivity index (χ1n) is 11.8. The summed E-state index contributed by atoms with van der Waals surface area (Å²) in [5.41, 5.74) is 4.86. The van der Waals surface area contributed by atoms with E-state index in [1.54, 1.807) is 24.3 Å². The van der Waals surface area contributed by atoms with Crippen molar-refractivity contribution in [2.24, 2.45) is 0 Å². The van der Waals surface area contributed by atoms with Crippen molar-refractivity contribution < 1.29 is 23.9 Å². The third-order valence-electron chi connectivity index (χ3n) is 6.71. The van der Waals surface area contributed by atoms with Crippen molar-refractivity contribution >= 4 is 40.9 Å². The number of carbonyl (C=O) groups excluding carboxylic acids is 3. The van der Waals surface area contributed by atoms with Crippen LogP contribution in [0.25, 0.3) is 11.6 Å². The molecule has 0 saturated carbocycles. The molecule has 2 aromatic rings. The first kappa shape index (κ1) is 25.0. The lowest BCUT2D eigenvalue weighted by Gasteiger charge is -2.43. The Morgan fingerprint density at radius 3 is 2.36 bits per heavy atom. The smallest absolute Gasteiger partial charge is 0.336 e. The maximum Gasteiger partial charge on any atom is 0.336 e. The van der Waals surface area contributed by atoms with Crippen molar-refractivity contribution in [1.29, 1.82) is 0 Å². The second-order valence-corrected chi connectivity index (χ2v) is 9.45. The summed E-state index contributed by atoms with van der Waals surface area (Å²) >= 11 is 0. The van der Waals surface area contributed by atoms with E-state index in [2.05, 4.69) is 50.1 Å². The van der Waals surface area contributed by atoms with Gasteiger partial charge in [-0.2, -0.15) is 0 Å². The lowest BCUT2D eigenvalue weighted by atomic mass is 9.86. The summed E-state index contributed by atoms with van der Waals surface area (Å²) in [5.74, 6) is -0.702. The molecule has 4 rings (SSSR count). The molecule has 1 saturated heterocycles. The number of hydrogen-bond donors (Lipinski definition) is 1. The van der Waals surface area contributed by atoms with Gasteiger partial charge in [0, 0.05) is 23.9 Å². The van der Waals surface area contributed by atoms with Crippen LogP contribution in [0.5, 0.6) is 11.5 Å². The van der Waals surface area contributed by atoms with Gasteiger partial charge >= 0.3 is 6.03 Å². The Balaban J connectivity index is 1.80. The number of anilines is 2. The first-order chi connectivity index (χ1) is 17.0. The summed E-state index contributed by atoms with van der Waals surface area (Å²) in [4.78, 5) is 42.2. The summed E-state index contributed by atoms with van der Waals surface area (Å²) in [6.07, 6.45) is 3.77. The number of nitrogens with one attached hydrogen (secondary N) is 1. The fraction of sp³-hybridized carbons (Fsp3) is 0.321. The minimum Gasteiger partial charge on any atom is -0.497 e. The van der Waals surface area contributed by atoms with E-state index in [9.17, 15) is 14.4 Å². The largest absolute Gasteiger partial charge is 0.497 e. The Labute approximate surface area is 211 Å². The Morgan fingerprint density at radius 2 is 1.72 bits per heavy atom. The van der Waals surface area contributed by atoms with E-state index in [0.717, 1.165) is 39.4 Å². The molecular formula is C28H31N3O5. The van der Waals surface area contributed by atoms with Crippen LogP contribution >= 0.6 is 0 Å². The molecule has 8 heteroatoms. The summed E-state index contributed by atoms with van der Waals surface area (Å²) in [5, 5.41) is 2.28. The number of nitrogens with zero attached hydrogens (tertiary/aromatic N) is 2. The van der Waals surface area contributed by atoms with Crippen molar-refractivity contribution in [3.63, 3.8) is 0 Å². The Kier molecular flexibility index (Phi) is 6.39. The molecular weight excluding hydrogens is 458 g/mol. The van der Waals surface area contributed by atoms with Gasteiger partial charge in [0.25, 0.3) is 11.8 Å². The minimum absolute atomic E-state index is 0.129. The lowest BCUT2D eigenvalue weighted by molar-refractivity contribution is -0.122. The highest BCUT2D eigenvalue weighted by atomic mass is 16.5. The molecule has 0 unspecified atom stereocenters. The van der Waals surface area contributed by atoms with E-state index in [-0.39, 0.29) is 22.5 Å². The molecule has 188 valence electrons. The highest BCUT2D eigenvalue weighted by molar-refractivity contribution is 6.39. The predicted octanol–water partition coefficient (Wildman–Crippen LogP) is 4.70. The van der Waals surface area contributed by atoms with E-state index >= 15 is 0 Å². The number of methoxy groups -OCH3 is 2. The van der Waals surface area contributed by atoms with Crippen LogP contribution in [-0.2, 0) is 9.59 Å². The van der Waals surface area contributed by atoms with Crippen LogP contribution in [0.4, 0.5) is 16.2 Å². The number of amides is 4. The molecule has 2 aliphatic rings. The zero-order valence-corrected chi connectivity index (χ0v) is 21.7. The molecule has 8 nitrogen and oxygen atoms in total. The lowest BCUT2D eigenvalue weighted by Crippen LogP contribution is -2.54. The van der Waals surface area contributed by atoms with Gasteiger partial charge in [0.2, 0.25) is 0 Å². The Morgan fingerprint density at radius 1 is 1.00 bits per heavy atom.